The molecule has 1 fully saturated rings. The van der Waals surface area contributed by atoms with Gasteiger partial charge in [-0.3, -0.25) is 14.9 Å². The summed E-state index contributed by atoms with van der Waals surface area (Å²) in [4.78, 5) is 20.2. The predicted molar refractivity (Wildman–Crippen MR) is 26.0 cm³/mol. The Labute approximate surface area is 93.4 Å². The molecule has 2 amide bonds. The maximum Gasteiger partial charge on any atom is 1.00 e. The minimum atomic E-state index is -0.231. The summed E-state index contributed by atoms with van der Waals surface area (Å²) in [5.74, 6) is 0.105. The Kier molecular flexibility index (Phi) is 4.59. The second-order valence-electron chi connectivity index (χ2n) is 1.12. The Morgan fingerprint density at radius 1 is 1.50 bits per heavy atom. The second kappa shape index (κ2) is 4.02. The zero-order valence-electron chi connectivity index (χ0n) is 4.43. The molecule has 38 valence electrons. The average Bonchev–Trinajstić information content (AvgIpc) is 1.87. The Bertz CT molecular complexity index is 112. The molecule has 1 aliphatic heterocycles. The van der Waals surface area contributed by atoms with E-state index in [9.17, 15) is 9.59 Å². The minimum Gasteiger partial charge on any atom is -0.286 e. The van der Waals surface area contributed by atoms with Crippen molar-refractivity contribution in [2.24, 2.45) is 0 Å². The normalized spacial score (nSPS) is 17.5. The van der Waals surface area contributed by atoms with Gasteiger partial charge in [0.15, 0.2) is 0 Å². The smallest absolute Gasteiger partial charge is 0.286 e. The zero-order chi connectivity index (χ0) is 5.28. The van der Waals surface area contributed by atoms with Gasteiger partial charge < -0.3 is 0 Å². The average molecular weight is 156 g/mol. The molecule has 0 atom stereocenters. The van der Waals surface area contributed by atoms with Crippen molar-refractivity contribution in [2.45, 2.75) is 0 Å². The van der Waals surface area contributed by atoms with E-state index in [4.69, 9.17) is 0 Å². The molecule has 0 radical (unpaired) electrons. The van der Waals surface area contributed by atoms with Crippen molar-refractivity contribution in [3.63, 3.8) is 0 Å². The van der Waals surface area contributed by atoms with Gasteiger partial charge in [-0.1, -0.05) is 11.8 Å². The van der Waals surface area contributed by atoms with Crippen LogP contribution < -0.4 is 56.7 Å². The molecule has 0 aromatic rings. The van der Waals surface area contributed by atoms with E-state index >= 15 is 0 Å². The first-order valence-corrected chi connectivity index (χ1v) is 2.74. The van der Waals surface area contributed by atoms with E-state index in [2.05, 4.69) is 5.32 Å². The van der Waals surface area contributed by atoms with Gasteiger partial charge in [0.1, 0.15) is 0 Å². The van der Waals surface area contributed by atoms with Gasteiger partial charge >= 0.3 is 51.4 Å². The third-order valence-corrected chi connectivity index (χ3v) is 1.35. The zero-order valence-corrected chi connectivity index (χ0v) is 8.37. The number of imide groups is 1. The third kappa shape index (κ3) is 2.61. The number of amides is 2. The molecular formula is C3H3KNO2S+. The molecule has 0 spiro atoms. The van der Waals surface area contributed by atoms with Crippen molar-refractivity contribution in [3.8, 4) is 0 Å². The molecule has 0 aliphatic carbocycles. The van der Waals surface area contributed by atoms with Crippen LogP contribution in [0.5, 0.6) is 0 Å². The molecule has 1 N–H and O–H groups in total. The molecule has 1 aliphatic rings. The molecule has 0 aromatic heterocycles. The van der Waals surface area contributed by atoms with Crippen molar-refractivity contribution in [3.05, 3.63) is 0 Å². The van der Waals surface area contributed by atoms with Gasteiger partial charge in [-0.25, -0.2) is 0 Å². The maximum atomic E-state index is 10.1. The fourth-order valence-corrected chi connectivity index (χ4v) is 0.837. The van der Waals surface area contributed by atoms with Crippen molar-refractivity contribution in [2.75, 3.05) is 5.75 Å². The topological polar surface area (TPSA) is 46.2 Å². The van der Waals surface area contributed by atoms with Crippen LogP contribution >= 0.6 is 11.8 Å². The second-order valence-corrected chi connectivity index (χ2v) is 2.07. The van der Waals surface area contributed by atoms with Gasteiger partial charge in [0.05, 0.1) is 5.75 Å². The third-order valence-electron chi connectivity index (χ3n) is 0.576. The molecule has 1 rings (SSSR count). The van der Waals surface area contributed by atoms with Crippen molar-refractivity contribution in [1.82, 2.24) is 5.32 Å². The minimum absolute atomic E-state index is 0. The summed E-state index contributed by atoms with van der Waals surface area (Å²) in [5.41, 5.74) is 0. The van der Waals surface area contributed by atoms with E-state index in [1.165, 1.54) is 0 Å². The predicted octanol–water partition coefficient (Wildman–Crippen LogP) is -3.03. The molecule has 5 heteroatoms. The summed E-state index contributed by atoms with van der Waals surface area (Å²) >= 11 is 1.01. The van der Waals surface area contributed by atoms with Crippen LogP contribution in [0.3, 0.4) is 0 Å². The Morgan fingerprint density at radius 2 is 2.12 bits per heavy atom. The summed E-state index contributed by atoms with van der Waals surface area (Å²) in [5, 5.41) is 1.87. The number of carbonyl (C=O) groups excluding carboxylic acids is 2. The summed E-state index contributed by atoms with van der Waals surface area (Å²) < 4.78 is 0. The van der Waals surface area contributed by atoms with E-state index in [0.29, 0.717) is 5.75 Å². The van der Waals surface area contributed by atoms with Crippen LogP contribution in [0.4, 0.5) is 4.79 Å². The van der Waals surface area contributed by atoms with Crippen LogP contribution in [0.15, 0.2) is 0 Å². The molecule has 0 unspecified atom stereocenters. The van der Waals surface area contributed by atoms with Crippen LogP contribution in [0.1, 0.15) is 0 Å². The fourth-order valence-electron chi connectivity index (χ4n) is 0.317. The number of thioether (sulfide) groups is 1. The first kappa shape index (κ1) is 9.13. The number of rotatable bonds is 0. The molecule has 1 heterocycles. The summed E-state index contributed by atoms with van der Waals surface area (Å²) in [6.07, 6.45) is 0. The fraction of sp³-hybridized carbons (Fsp3) is 0.333. The quantitative estimate of drug-likeness (QED) is 0.380. The van der Waals surface area contributed by atoms with E-state index in [0.717, 1.165) is 11.8 Å². The largest absolute Gasteiger partial charge is 1.00 e. The van der Waals surface area contributed by atoms with Crippen molar-refractivity contribution < 1.29 is 61.0 Å². The van der Waals surface area contributed by atoms with Crippen LogP contribution in [0, 0.1) is 0 Å². The first-order chi connectivity index (χ1) is 3.29. The van der Waals surface area contributed by atoms with E-state index in [-0.39, 0.29) is 62.5 Å². The molecule has 3 nitrogen and oxygen atoms in total. The molecule has 0 bridgehead atoms. The van der Waals surface area contributed by atoms with E-state index in [1.807, 2.05) is 0 Å². The molecule has 0 saturated carbocycles. The number of nitrogens with one attached hydrogen (secondary N) is 1. The molecule has 0 aromatic carbocycles. The number of hydrogen-bond donors (Lipinski definition) is 1. The summed E-state index contributed by atoms with van der Waals surface area (Å²) in [7, 11) is 0. The van der Waals surface area contributed by atoms with Gasteiger partial charge in [-0.2, -0.15) is 0 Å². The van der Waals surface area contributed by atoms with Gasteiger partial charge in [-0.15, -0.1) is 0 Å². The molecular weight excluding hydrogens is 153 g/mol. The number of carbonyl (C=O) groups is 2. The molecule has 8 heavy (non-hydrogen) atoms. The van der Waals surface area contributed by atoms with E-state index < -0.39 is 0 Å². The SMILES string of the molecule is O=C1CSC(=O)N1.[K+]. The summed E-state index contributed by atoms with van der Waals surface area (Å²) in [6.45, 7) is 0. The number of hydrogen-bond acceptors (Lipinski definition) is 3. The van der Waals surface area contributed by atoms with Gasteiger partial charge in [-0.05, 0) is 0 Å². The maximum absolute atomic E-state index is 10.1. The Balaban J connectivity index is 0.000000490. The van der Waals surface area contributed by atoms with Gasteiger partial charge in [0.2, 0.25) is 5.91 Å². The Morgan fingerprint density at radius 3 is 2.25 bits per heavy atom. The van der Waals surface area contributed by atoms with Crippen LogP contribution in [0.25, 0.3) is 0 Å². The van der Waals surface area contributed by atoms with Gasteiger partial charge in [0.25, 0.3) is 5.24 Å². The van der Waals surface area contributed by atoms with E-state index in [1.54, 1.807) is 0 Å². The monoisotopic (exact) mass is 156 g/mol. The van der Waals surface area contributed by atoms with Crippen LogP contribution in [-0.2, 0) is 4.79 Å². The standard InChI is InChI=1S/C3H3NO2S.K/c5-2-1-7-3(6)4-2;/h1H2,(H,4,5,6);/q;+1. The molecule has 1 saturated heterocycles. The van der Waals surface area contributed by atoms with Gasteiger partial charge in [0, 0.05) is 0 Å². The van der Waals surface area contributed by atoms with Crippen molar-refractivity contribution >= 4 is 22.9 Å². The Hall–Kier alpha value is 1.13. The van der Waals surface area contributed by atoms with Crippen molar-refractivity contribution in [1.29, 1.82) is 0 Å². The first-order valence-electron chi connectivity index (χ1n) is 1.75. The van der Waals surface area contributed by atoms with Crippen LogP contribution in [0.2, 0.25) is 0 Å². The summed E-state index contributed by atoms with van der Waals surface area (Å²) in [6, 6.07) is 0. The van der Waals surface area contributed by atoms with Crippen LogP contribution in [-0.4, -0.2) is 16.9 Å².